The van der Waals surface area contributed by atoms with Crippen LogP contribution in [0.4, 0.5) is 0 Å². The molecular formula is C20H21N3O2S. The van der Waals surface area contributed by atoms with E-state index in [9.17, 15) is 0 Å². The molecule has 0 bridgehead atoms. The molecule has 0 radical (unpaired) electrons. The number of methoxy groups -OCH3 is 2. The highest BCUT2D eigenvalue weighted by molar-refractivity contribution is 7.98. The quantitative estimate of drug-likeness (QED) is 0.435. The first-order valence-electron chi connectivity index (χ1n) is 8.20. The van der Waals surface area contributed by atoms with E-state index in [0.29, 0.717) is 12.3 Å². The average Bonchev–Trinajstić information content (AvgIpc) is 3.09. The van der Waals surface area contributed by atoms with Crippen LogP contribution in [-0.2, 0) is 12.3 Å². The summed E-state index contributed by atoms with van der Waals surface area (Å²) < 4.78 is 12.8. The lowest BCUT2D eigenvalue weighted by Gasteiger charge is -2.11. The van der Waals surface area contributed by atoms with Crippen molar-refractivity contribution in [2.75, 3.05) is 14.2 Å². The van der Waals surface area contributed by atoms with E-state index in [2.05, 4.69) is 21.3 Å². The van der Waals surface area contributed by atoms with Gasteiger partial charge in [-0.2, -0.15) is 0 Å². The van der Waals surface area contributed by atoms with E-state index in [0.717, 1.165) is 33.6 Å². The summed E-state index contributed by atoms with van der Waals surface area (Å²) in [6.45, 7) is 4.51. The fraction of sp³-hybridized carbons (Fsp3) is 0.200. The molecule has 5 nitrogen and oxygen atoms in total. The van der Waals surface area contributed by atoms with Crippen molar-refractivity contribution in [2.24, 2.45) is 0 Å². The molecule has 26 heavy (non-hydrogen) atoms. The number of hydrogen-bond donors (Lipinski definition) is 0. The third-order valence-corrected chi connectivity index (χ3v) is 4.92. The zero-order valence-corrected chi connectivity index (χ0v) is 15.7. The Morgan fingerprint density at radius 3 is 2.58 bits per heavy atom. The van der Waals surface area contributed by atoms with Gasteiger partial charge in [0.05, 0.1) is 14.2 Å². The van der Waals surface area contributed by atoms with Crippen LogP contribution >= 0.6 is 11.8 Å². The minimum Gasteiger partial charge on any atom is -0.497 e. The van der Waals surface area contributed by atoms with Gasteiger partial charge in [0, 0.05) is 23.4 Å². The molecule has 0 aliphatic carbocycles. The maximum absolute atomic E-state index is 5.46. The molecule has 0 fully saturated rings. The number of nitrogens with zero attached hydrogens (tertiary/aromatic N) is 3. The number of benzene rings is 2. The monoisotopic (exact) mass is 367 g/mol. The molecule has 0 atom stereocenters. The minimum atomic E-state index is 0.648. The van der Waals surface area contributed by atoms with Crippen LogP contribution < -0.4 is 9.47 Å². The van der Waals surface area contributed by atoms with Crippen molar-refractivity contribution in [3.8, 4) is 22.9 Å². The second-order valence-corrected chi connectivity index (χ2v) is 6.48. The summed E-state index contributed by atoms with van der Waals surface area (Å²) >= 11 is 1.61. The van der Waals surface area contributed by atoms with Crippen molar-refractivity contribution >= 4 is 11.8 Å². The highest BCUT2D eigenvalue weighted by Crippen LogP contribution is 2.31. The van der Waals surface area contributed by atoms with Gasteiger partial charge in [-0.05, 0) is 18.2 Å². The van der Waals surface area contributed by atoms with Crippen LogP contribution in [0.5, 0.6) is 11.5 Å². The predicted molar refractivity (Wildman–Crippen MR) is 105 cm³/mol. The summed E-state index contributed by atoms with van der Waals surface area (Å²) in [6.07, 6.45) is 1.85. The van der Waals surface area contributed by atoms with Gasteiger partial charge in [0.2, 0.25) is 0 Å². The first kappa shape index (κ1) is 18.1. The maximum Gasteiger partial charge on any atom is 0.192 e. The molecule has 2 aromatic carbocycles. The van der Waals surface area contributed by atoms with E-state index in [-0.39, 0.29) is 0 Å². The molecule has 0 amide bonds. The van der Waals surface area contributed by atoms with Crippen molar-refractivity contribution in [3.63, 3.8) is 0 Å². The summed E-state index contributed by atoms with van der Waals surface area (Å²) in [6, 6.07) is 15.8. The van der Waals surface area contributed by atoms with Crippen molar-refractivity contribution in [3.05, 3.63) is 66.7 Å². The summed E-state index contributed by atoms with van der Waals surface area (Å²) in [5.41, 5.74) is 2.08. The molecule has 6 heteroatoms. The Kier molecular flexibility index (Phi) is 5.96. The lowest BCUT2D eigenvalue weighted by Crippen LogP contribution is -2.01. The highest BCUT2D eigenvalue weighted by atomic mass is 32.2. The zero-order valence-electron chi connectivity index (χ0n) is 14.9. The molecule has 3 aromatic rings. The van der Waals surface area contributed by atoms with Gasteiger partial charge in [-0.3, -0.25) is 4.57 Å². The van der Waals surface area contributed by atoms with Crippen LogP contribution in [0, 0.1) is 0 Å². The van der Waals surface area contributed by atoms with Gasteiger partial charge in [-0.1, -0.05) is 48.2 Å². The van der Waals surface area contributed by atoms with Gasteiger partial charge in [-0.25, -0.2) is 0 Å². The van der Waals surface area contributed by atoms with Crippen LogP contribution in [-0.4, -0.2) is 29.0 Å². The molecule has 1 heterocycles. The molecule has 0 saturated heterocycles. The SMILES string of the molecule is C=CCn1c(SCc2cc(OC)ccc2OC)nnc1-c1ccccc1. The molecule has 0 spiro atoms. The molecule has 0 saturated carbocycles. The second kappa shape index (κ2) is 8.58. The van der Waals surface area contributed by atoms with E-state index < -0.39 is 0 Å². The molecule has 0 aliphatic rings. The molecule has 0 aliphatic heterocycles. The lowest BCUT2D eigenvalue weighted by atomic mass is 10.2. The Hall–Kier alpha value is -2.73. The Bertz CT molecular complexity index is 878. The van der Waals surface area contributed by atoms with E-state index >= 15 is 0 Å². The highest BCUT2D eigenvalue weighted by Gasteiger charge is 2.14. The number of allylic oxidation sites excluding steroid dienone is 1. The number of hydrogen-bond acceptors (Lipinski definition) is 5. The largest absolute Gasteiger partial charge is 0.497 e. The van der Waals surface area contributed by atoms with Crippen molar-refractivity contribution in [1.29, 1.82) is 0 Å². The van der Waals surface area contributed by atoms with E-state index in [1.54, 1.807) is 26.0 Å². The maximum atomic E-state index is 5.46. The smallest absolute Gasteiger partial charge is 0.192 e. The van der Waals surface area contributed by atoms with Crippen LogP contribution in [0.25, 0.3) is 11.4 Å². The number of aromatic nitrogens is 3. The van der Waals surface area contributed by atoms with Gasteiger partial charge < -0.3 is 9.47 Å². The predicted octanol–water partition coefficient (Wildman–Crippen LogP) is 4.44. The van der Waals surface area contributed by atoms with Crippen molar-refractivity contribution in [1.82, 2.24) is 14.8 Å². The molecule has 3 rings (SSSR count). The first-order chi connectivity index (χ1) is 12.8. The first-order valence-corrected chi connectivity index (χ1v) is 9.18. The lowest BCUT2D eigenvalue weighted by molar-refractivity contribution is 0.400. The summed E-state index contributed by atoms with van der Waals surface area (Å²) in [5, 5.41) is 9.60. The van der Waals surface area contributed by atoms with E-state index in [4.69, 9.17) is 9.47 Å². The standard InChI is InChI=1S/C20H21N3O2S/c1-4-12-23-19(15-8-6-5-7-9-15)21-22-20(23)26-14-16-13-17(24-2)10-11-18(16)25-3/h4-11,13H,1,12,14H2,2-3H3. The third kappa shape index (κ3) is 3.91. The van der Waals surface area contributed by atoms with Gasteiger partial charge >= 0.3 is 0 Å². The third-order valence-electron chi connectivity index (χ3n) is 3.90. The van der Waals surface area contributed by atoms with Gasteiger partial charge in [0.15, 0.2) is 11.0 Å². The van der Waals surface area contributed by atoms with Crippen molar-refractivity contribution in [2.45, 2.75) is 17.5 Å². The number of thioether (sulfide) groups is 1. The zero-order chi connectivity index (χ0) is 18.4. The van der Waals surface area contributed by atoms with E-state index in [1.165, 1.54) is 0 Å². The second-order valence-electron chi connectivity index (χ2n) is 5.54. The van der Waals surface area contributed by atoms with Crippen LogP contribution in [0.2, 0.25) is 0 Å². The summed E-state index contributed by atoms with van der Waals surface area (Å²) in [4.78, 5) is 0. The van der Waals surface area contributed by atoms with Crippen LogP contribution in [0.1, 0.15) is 5.56 Å². The van der Waals surface area contributed by atoms with Crippen LogP contribution in [0.15, 0.2) is 66.3 Å². The van der Waals surface area contributed by atoms with Gasteiger partial charge in [-0.15, -0.1) is 16.8 Å². The Balaban J connectivity index is 1.87. The Morgan fingerprint density at radius 1 is 1.08 bits per heavy atom. The molecule has 0 N–H and O–H groups in total. The molecule has 0 unspecified atom stereocenters. The fourth-order valence-corrected chi connectivity index (χ4v) is 3.55. The van der Waals surface area contributed by atoms with Crippen molar-refractivity contribution < 1.29 is 9.47 Å². The average molecular weight is 367 g/mol. The number of rotatable bonds is 8. The normalized spacial score (nSPS) is 10.5. The van der Waals surface area contributed by atoms with E-state index in [1.807, 2.05) is 54.6 Å². The fourth-order valence-electron chi connectivity index (χ4n) is 2.63. The Labute approximate surface area is 157 Å². The Morgan fingerprint density at radius 2 is 1.88 bits per heavy atom. The van der Waals surface area contributed by atoms with Gasteiger partial charge in [0.1, 0.15) is 11.5 Å². The molecular weight excluding hydrogens is 346 g/mol. The molecule has 134 valence electrons. The summed E-state index contributed by atoms with van der Waals surface area (Å²) in [7, 11) is 3.33. The van der Waals surface area contributed by atoms with Crippen LogP contribution in [0.3, 0.4) is 0 Å². The van der Waals surface area contributed by atoms with Gasteiger partial charge in [0.25, 0.3) is 0 Å². The minimum absolute atomic E-state index is 0.648. The summed E-state index contributed by atoms with van der Waals surface area (Å²) in [5.74, 6) is 3.17. The number of ether oxygens (including phenoxy) is 2. The molecule has 1 aromatic heterocycles. The topological polar surface area (TPSA) is 49.2 Å².